The molecule has 0 fully saturated rings. The molecule has 2 aromatic rings. The number of hydrogen-bond donors (Lipinski definition) is 0. The standard InChI is InChI=1S/C11H9.ClH.Mg/c1-9-5-4-7-10-6-2-3-8-11(9)10;;/h2-8H,1H2;1H;/q-1;;+2/p-1. The van der Waals surface area contributed by atoms with Gasteiger partial charge in [0.1, 0.15) is 0 Å². The van der Waals surface area contributed by atoms with Crippen molar-refractivity contribution < 1.29 is 12.4 Å². The fourth-order valence-electron chi connectivity index (χ4n) is 1.29. The fraction of sp³-hybridized carbons (Fsp3) is 0. The van der Waals surface area contributed by atoms with Gasteiger partial charge < -0.3 is 12.4 Å². The zero-order chi connectivity index (χ0) is 7.68. The van der Waals surface area contributed by atoms with Crippen molar-refractivity contribution >= 4 is 33.8 Å². The Balaban J connectivity index is 0.000000720. The van der Waals surface area contributed by atoms with Crippen molar-refractivity contribution in [3.05, 3.63) is 55.0 Å². The third-order valence-corrected chi connectivity index (χ3v) is 1.88. The first-order chi connectivity index (χ1) is 5.38. The Morgan fingerprint density at radius 2 is 1.46 bits per heavy atom. The third kappa shape index (κ3) is 2.53. The van der Waals surface area contributed by atoms with E-state index in [4.69, 9.17) is 0 Å². The molecule has 13 heavy (non-hydrogen) atoms. The van der Waals surface area contributed by atoms with Crippen molar-refractivity contribution in [2.45, 2.75) is 0 Å². The minimum atomic E-state index is 0. The average Bonchev–Trinajstić information content (AvgIpc) is 2.06. The van der Waals surface area contributed by atoms with Gasteiger partial charge in [0, 0.05) is 0 Å². The normalized spacial score (nSPS) is 8.62. The molecule has 0 bridgehead atoms. The quantitative estimate of drug-likeness (QED) is 0.403. The van der Waals surface area contributed by atoms with Crippen LogP contribution >= 0.6 is 0 Å². The smallest absolute Gasteiger partial charge is 1.00 e. The van der Waals surface area contributed by atoms with Crippen molar-refractivity contribution in [3.8, 4) is 0 Å². The zero-order valence-electron chi connectivity index (χ0n) is 7.33. The number of fused-ring (bicyclic) bond motifs is 1. The topological polar surface area (TPSA) is 0 Å². The number of benzene rings is 2. The molecule has 0 amide bonds. The van der Waals surface area contributed by atoms with Gasteiger partial charge in [-0.05, 0) is 0 Å². The third-order valence-electron chi connectivity index (χ3n) is 1.88. The van der Waals surface area contributed by atoms with Crippen molar-refractivity contribution in [3.63, 3.8) is 0 Å². The Bertz CT molecular complexity index is 379. The molecule has 2 rings (SSSR count). The second-order valence-electron chi connectivity index (χ2n) is 2.64. The summed E-state index contributed by atoms with van der Waals surface area (Å²) in [6, 6.07) is 14.4. The molecule has 62 valence electrons. The molecule has 0 aliphatic rings. The van der Waals surface area contributed by atoms with Crippen molar-refractivity contribution in [2.24, 2.45) is 0 Å². The minimum absolute atomic E-state index is 0. The van der Waals surface area contributed by atoms with Gasteiger partial charge in [-0.2, -0.15) is 18.6 Å². The summed E-state index contributed by atoms with van der Waals surface area (Å²) < 4.78 is 0. The molecule has 0 heterocycles. The summed E-state index contributed by atoms with van der Waals surface area (Å²) in [5, 5.41) is 2.51. The van der Waals surface area contributed by atoms with Crippen LogP contribution < -0.4 is 12.4 Å². The molecule has 2 aromatic carbocycles. The van der Waals surface area contributed by atoms with Gasteiger partial charge in [-0.15, -0.1) is 17.5 Å². The van der Waals surface area contributed by atoms with Crippen molar-refractivity contribution in [1.29, 1.82) is 0 Å². The van der Waals surface area contributed by atoms with Crippen LogP contribution in [0, 0.1) is 6.92 Å². The van der Waals surface area contributed by atoms with E-state index in [0.29, 0.717) is 0 Å². The first kappa shape index (κ1) is 12.6. The van der Waals surface area contributed by atoms with E-state index in [0.717, 1.165) is 5.56 Å². The predicted octanol–water partition coefficient (Wildman–Crippen LogP) is -0.355. The number of hydrogen-bond acceptors (Lipinski definition) is 0. The Morgan fingerprint density at radius 3 is 2.15 bits per heavy atom. The fourth-order valence-corrected chi connectivity index (χ4v) is 1.29. The van der Waals surface area contributed by atoms with Crippen LogP contribution in [0.2, 0.25) is 0 Å². The molecule has 0 aliphatic heterocycles. The summed E-state index contributed by atoms with van der Waals surface area (Å²) in [5.41, 5.74) is 1.10. The Kier molecular flexibility index (Phi) is 5.22. The predicted molar refractivity (Wildman–Crippen MR) is 54.2 cm³/mol. The first-order valence-electron chi connectivity index (χ1n) is 3.67. The second kappa shape index (κ2) is 5.38. The van der Waals surface area contributed by atoms with Gasteiger partial charge in [0.25, 0.3) is 0 Å². The molecule has 0 nitrogen and oxygen atoms in total. The van der Waals surface area contributed by atoms with Crippen LogP contribution in [0.3, 0.4) is 0 Å². The molecule has 0 aromatic heterocycles. The first-order valence-corrected chi connectivity index (χ1v) is 3.67. The van der Waals surface area contributed by atoms with E-state index in [2.05, 4.69) is 25.1 Å². The van der Waals surface area contributed by atoms with Crippen molar-refractivity contribution in [1.82, 2.24) is 0 Å². The van der Waals surface area contributed by atoms with Crippen LogP contribution in [0.5, 0.6) is 0 Å². The maximum Gasteiger partial charge on any atom is 2.00 e. The van der Waals surface area contributed by atoms with E-state index in [-0.39, 0.29) is 35.5 Å². The Hall–Kier alpha value is -0.374. The molecule has 2 heteroatoms. The molecule has 0 atom stereocenters. The molecular weight excluding hydrogens is 192 g/mol. The summed E-state index contributed by atoms with van der Waals surface area (Å²) in [7, 11) is 0. The van der Waals surface area contributed by atoms with E-state index in [1.165, 1.54) is 10.8 Å². The molecule has 0 spiro atoms. The van der Waals surface area contributed by atoms with E-state index >= 15 is 0 Å². The largest absolute Gasteiger partial charge is 2.00 e. The molecule has 0 radical (unpaired) electrons. The summed E-state index contributed by atoms with van der Waals surface area (Å²) in [5.74, 6) is 0. The van der Waals surface area contributed by atoms with E-state index < -0.39 is 0 Å². The summed E-state index contributed by atoms with van der Waals surface area (Å²) in [6.45, 7) is 3.95. The summed E-state index contributed by atoms with van der Waals surface area (Å²) in [6.07, 6.45) is 0. The van der Waals surface area contributed by atoms with Crippen LogP contribution in [-0.4, -0.2) is 23.1 Å². The maximum absolute atomic E-state index is 3.95. The summed E-state index contributed by atoms with van der Waals surface area (Å²) >= 11 is 0. The Morgan fingerprint density at radius 1 is 0.846 bits per heavy atom. The van der Waals surface area contributed by atoms with Gasteiger partial charge in [0.05, 0.1) is 0 Å². The monoisotopic (exact) mass is 200 g/mol. The molecule has 0 unspecified atom stereocenters. The van der Waals surface area contributed by atoms with Crippen LogP contribution in [0.15, 0.2) is 42.5 Å². The van der Waals surface area contributed by atoms with Crippen LogP contribution in [0.25, 0.3) is 10.8 Å². The molecule has 0 aliphatic carbocycles. The van der Waals surface area contributed by atoms with E-state index in [1.807, 2.05) is 24.3 Å². The van der Waals surface area contributed by atoms with Crippen LogP contribution in [-0.2, 0) is 0 Å². The van der Waals surface area contributed by atoms with E-state index in [1.54, 1.807) is 0 Å². The molecule has 0 saturated heterocycles. The second-order valence-corrected chi connectivity index (χ2v) is 2.64. The van der Waals surface area contributed by atoms with Gasteiger partial charge in [0.15, 0.2) is 0 Å². The number of halogens is 1. The van der Waals surface area contributed by atoms with E-state index in [9.17, 15) is 0 Å². The van der Waals surface area contributed by atoms with Gasteiger partial charge in [0.2, 0.25) is 0 Å². The number of rotatable bonds is 0. The maximum atomic E-state index is 3.95. The average molecular weight is 201 g/mol. The molecule has 0 N–H and O–H groups in total. The van der Waals surface area contributed by atoms with Gasteiger partial charge >= 0.3 is 23.1 Å². The summed E-state index contributed by atoms with van der Waals surface area (Å²) in [4.78, 5) is 0. The molecular formula is C11H9ClMg. The van der Waals surface area contributed by atoms with Crippen LogP contribution in [0.4, 0.5) is 0 Å². The van der Waals surface area contributed by atoms with Gasteiger partial charge in [-0.25, -0.2) is 0 Å². The van der Waals surface area contributed by atoms with Gasteiger partial charge in [-0.3, -0.25) is 0 Å². The molecule has 0 saturated carbocycles. The zero-order valence-corrected chi connectivity index (χ0v) is 9.50. The SMILES string of the molecule is [CH2-]c1cccc2ccccc12.[Cl-].[Mg+2]. The minimum Gasteiger partial charge on any atom is -1.00 e. The van der Waals surface area contributed by atoms with Gasteiger partial charge in [-0.1, -0.05) is 29.7 Å². The van der Waals surface area contributed by atoms with Crippen LogP contribution in [0.1, 0.15) is 5.56 Å². The van der Waals surface area contributed by atoms with Crippen molar-refractivity contribution in [2.75, 3.05) is 0 Å². The Labute approximate surface area is 101 Å².